The molecule has 3 nitrogen and oxygen atoms in total. The summed E-state index contributed by atoms with van der Waals surface area (Å²) in [6, 6.07) is 23.1. The van der Waals surface area contributed by atoms with Crippen LogP contribution in [-0.4, -0.2) is 4.68 Å². The molecule has 0 spiro atoms. The smallest absolute Gasteiger partial charge is 0.192 e. The molecule has 1 aromatic heterocycles. The van der Waals surface area contributed by atoms with E-state index in [1.54, 1.807) is 0 Å². The van der Waals surface area contributed by atoms with Crippen LogP contribution in [0.15, 0.2) is 66.9 Å². The summed E-state index contributed by atoms with van der Waals surface area (Å²) >= 11 is 0. The second-order valence-corrected chi connectivity index (χ2v) is 7.96. The molecule has 148 valence electrons. The molecule has 30 heavy (non-hydrogen) atoms. The van der Waals surface area contributed by atoms with Crippen LogP contribution >= 0.6 is 0 Å². The normalized spacial score (nSPS) is 10.8. The highest BCUT2D eigenvalue weighted by atomic mass is 15.4. The Morgan fingerprint density at radius 1 is 0.800 bits per heavy atom. The van der Waals surface area contributed by atoms with Crippen LogP contribution in [0.2, 0.25) is 0 Å². The topological polar surface area (TPSA) is 32.6 Å². The van der Waals surface area contributed by atoms with Crippen molar-refractivity contribution in [3.63, 3.8) is 0 Å². The van der Waals surface area contributed by atoms with Gasteiger partial charge in [-0.3, -0.25) is 0 Å². The van der Waals surface area contributed by atoms with Gasteiger partial charge in [0, 0.05) is 11.6 Å². The van der Waals surface area contributed by atoms with E-state index in [9.17, 15) is 5.26 Å². The van der Waals surface area contributed by atoms with E-state index >= 15 is 0 Å². The molecule has 0 N–H and O–H groups in total. The molecule has 0 fully saturated rings. The molecule has 0 saturated heterocycles. The highest BCUT2D eigenvalue weighted by molar-refractivity contribution is 5.77. The van der Waals surface area contributed by atoms with Crippen LogP contribution in [0.25, 0.3) is 27.9 Å². The van der Waals surface area contributed by atoms with E-state index in [4.69, 9.17) is 0 Å². The van der Waals surface area contributed by atoms with Crippen LogP contribution in [0.5, 0.6) is 0 Å². The summed E-state index contributed by atoms with van der Waals surface area (Å²) in [4.78, 5) is 0. The predicted octanol–water partition coefficient (Wildman–Crippen LogP) is 5.74. The summed E-state index contributed by atoms with van der Waals surface area (Å²) in [7, 11) is 2.08. The number of nitrogens with zero attached hydrogens (tertiary/aromatic N) is 3. The van der Waals surface area contributed by atoms with Crippen molar-refractivity contribution >= 4 is 0 Å². The molecule has 3 aromatic carbocycles. The van der Waals surface area contributed by atoms with E-state index in [0.717, 1.165) is 11.3 Å². The second kappa shape index (κ2) is 7.65. The maximum absolute atomic E-state index is 9.18. The number of benzene rings is 3. The minimum absolute atomic E-state index is 0.686. The Balaban J connectivity index is 1.85. The van der Waals surface area contributed by atoms with Crippen LogP contribution in [0.1, 0.15) is 27.9 Å². The Morgan fingerprint density at radius 3 is 2.07 bits per heavy atom. The zero-order chi connectivity index (χ0) is 21.4. The summed E-state index contributed by atoms with van der Waals surface area (Å²) in [5.41, 5.74) is 11.6. The molecule has 0 atom stereocenters. The molecule has 0 radical (unpaired) electrons. The van der Waals surface area contributed by atoms with Gasteiger partial charge in [-0.2, -0.15) is 9.94 Å². The van der Waals surface area contributed by atoms with E-state index in [2.05, 4.69) is 98.8 Å². The molecule has 4 aromatic rings. The van der Waals surface area contributed by atoms with Crippen molar-refractivity contribution < 1.29 is 4.68 Å². The van der Waals surface area contributed by atoms with Crippen LogP contribution in [-0.2, 0) is 7.05 Å². The van der Waals surface area contributed by atoms with Gasteiger partial charge >= 0.3 is 0 Å². The number of hydrogen-bond donors (Lipinski definition) is 0. The van der Waals surface area contributed by atoms with Gasteiger partial charge in [0.25, 0.3) is 0 Å². The maximum Gasteiger partial charge on any atom is 0.238 e. The lowest BCUT2D eigenvalue weighted by molar-refractivity contribution is -0.683. The van der Waals surface area contributed by atoms with E-state index < -0.39 is 0 Å². The first-order chi connectivity index (χ1) is 14.4. The highest BCUT2D eigenvalue weighted by Crippen LogP contribution is 2.33. The van der Waals surface area contributed by atoms with Gasteiger partial charge < -0.3 is 0 Å². The first kappa shape index (κ1) is 19.7. The van der Waals surface area contributed by atoms with Crippen LogP contribution in [0.3, 0.4) is 0 Å². The van der Waals surface area contributed by atoms with Gasteiger partial charge in [-0.25, -0.2) is 0 Å². The zero-order valence-corrected chi connectivity index (χ0v) is 18.2. The Hall–Kier alpha value is -3.64. The van der Waals surface area contributed by atoms with E-state index in [1.165, 1.54) is 39.1 Å². The molecular formula is C27H26N3+. The van der Waals surface area contributed by atoms with Gasteiger partial charge in [0.2, 0.25) is 11.9 Å². The largest absolute Gasteiger partial charge is 0.238 e. The third-order valence-corrected chi connectivity index (χ3v) is 5.93. The minimum atomic E-state index is 0.686. The van der Waals surface area contributed by atoms with Crippen molar-refractivity contribution in [3.8, 4) is 34.0 Å². The number of aryl methyl sites for hydroxylation is 3. The van der Waals surface area contributed by atoms with Crippen molar-refractivity contribution in [3.05, 3.63) is 94.8 Å². The maximum atomic E-state index is 9.18. The number of nitriles is 1. The summed E-state index contributed by atoms with van der Waals surface area (Å²) in [6.45, 7) is 8.60. The van der Waals surface area contributed by atoms with Crippen molar-refractivity contribution in [1.82, 2.24) is 4.68 Å². The van der Waals surface area contributed by atoms with E-state index in [-0.39, 0.29) is 0 Å². The van der Waals surface area contributed by atoms with Gasteiger partial charge in [0.05, 0.1) is 29.9 Å². The first-order valence-corrected chi connectivity index (χ1v) is 10.2. The average Bonchev–Trinajstić information content (AvgIpc) is 3.02. The van der Waals surface area contributed by atoms with Crippen molar-refractivity contribution in [2.75, 3.05) is 0 Å². The lowest BCUT2D eigenvalue weighted by Crippen LogP contribution is -2.39. The Bertz CT molecular complexity index is 1260. The predicted molar refractivity (Wildman–Crippen MR) is 121 cm³/mol. The molecule has 0 amide bonds. The Morgan fingerprint density at radius 2 is 1.47 bits per heavy atom. The summed E-state index contributed by atoms with van der Waals surface area (Å²) in [5, 5.41) is 9.18. The number of rotatable bonds is 3. The fraction of sp³-hybridized carbons (Fsp3) is 0.185. The van der Waals surface area contributed by atoms with Gasteiger partial charge in [0.15, 0.2) is 0 Å². The van der Waals surface area contributed by atoms with Gasteiger partial charge in [-0.15, -0.1) is 0 Å². The number of hydrogen-bond acceptors (Lipinski definition) is 1. The van der Waals surface area contributed by atoms with Gasteiger partial charge in [0.1, 0.15) is 0 Å². The van der Waals surface area contributed by atoms with Crippen LogP contribution in [0, 0.1) is 39.0 Å². The molecule has 0 aliphatic rings. The first-order valence-electron chi connectivity index (χ1n) is 10.2. The quantitative estimate of drug-likeness (QED) is 0.409. The molecule has 1 heterocycles. The van der Waals surface area contributed by atoms with Crippen LogP contribution < -0.4 is 4.68 Å². The molecule has 0 aliphatic heterocycles. The molecule has 4 rings (SSSR count). The highest BCUT2D eigenvalue weighted by Gasteiger charge is 2.23. The molecule has 3 heteroatoms. The third kappa shape index (κ3) is 3.31. The molecule has 0 unspecified atom stereocenters. The van der Waals surface area contributed by atoms with Crippen LogP contribution in [0.4, 0.5) is 0 Å². The van der Waals surface area contributed by atoms with E-state index in [0.29, 0.717) is 5.56 Å². The van der Waals surface area contributed by atoms with Crippen molar-refractivity contribution in [1.29, 1.82) is 5.26 Å². The lowest BCUT2D eigenvalue weighted by Gasteiger charge is -2.12. The minimum Gasteiger partial charge on any atom is -0.192 e. The third-order valence-electron chi connectivity index (χ3n) is 5.93. The van der Waals surface area contributed by atoms with Crippen molar-refractivity contribution in [2.45, 2.75) is 27.7 Å². The SMILES string of the molecule is Cc1cc(C#N)ccc1-[n+]1cc(-c2c(C)cc(-c3ccccc3)cc2C)c(C)n1C. The molecule has 0 bridgehead atoms. The molecular weight excluding hydrogens is 366 g/mol. The van der Waals surface area contributed by atoms with E-state index in [1.807, 2.05) is 18.2 Å². The van der Waals surface area contributed by atoms with Gasteiger partial charge in [-0.1, -0.05) is 47.1 Å². The average molecular weight is 393 g/mol. The summed E-state index contributed by atoms with van der Waals surface area (Å²) < 4.78 is 4.35. The van der Waals surface area contributed by atoms with Gasteiger partial charge in [-0.05, 0) is 67.6 Å². The molecule has 0 aliphatic carbocycles. The zero-order valence-electron chi connectivity index (χ0n) is 18.2. The Labute approximate surface area is 178 Å². The lowest BCUT2D eigenvalue weighted by atomic mass is 9.92. The number of aromatic nitrogens is 2. The summed E-state index contributed by atoms with van der Waals surface area (Å²) in [6.07, 6.45) is 2.21. The fourth-order valence-electron chi connectivity index (χ4n) is 4.28. The Kier molecular flexibility index (Phi) is 5.01. The standard InChI is InChI=1S/C27H26N3/c1-18-13-22(16-28)11-12-26(18)30-17-25(21(4)29(30)5)27-19(2)14-24(15-20(27)3)23-9-7-6-8-10-23/h6-15,17H,1-5H3/q+1. The van der Waals surface area contributed by atoms with Crippen molar-refractivity contribution in [2.24, 2.45) is 7.05 Å². The fourth-order valence-corrected chi connectivity index (χ4v) is 4.28. The monoisotopic (exact) mass is 392 g/mol. The summed E-state index contributed by atoms with van der Waals surface area (Å²) in [5.74, 6) is 0. The second-order valence-electron chi connectivity index (χ2n) is 7.96. The molecule has 0 saturated carbocycles.